The molecule has 0 unspecified atom stereocenters. The first kappa shape index (κ1) is 17.1. The Morgan fingerprint density at radius 1 is 1.28 bits per heavy atom. The van der Waals surface area contributed by atoms with E-state index in [0.29, 0.717) is 23.3 Å². The highest BCUT2D eigenvalue weighted by Crippen LogP contribution is 2.16. The second-order valence-electron chi connectivity index (χ2n) is 5.42. The number of urea groups is 1. The van der Waals surface area contributed by atoms with E-state index in [9.17, 15) is 9.59 Å². The van der Waals surface area contributed by atoms with Gasteiger partial charge in [-0.05, 0) is 23.9 Å². The Hall–Kier alpha value is -2.75. The van der Waals surface area contributed by atoms with Crippen molar-refractivity contribution >= 4 is 34.7 Å². The van der Waals surface area contributed by atoms with E-state index in [-0.39, 0.29) is 12.5 Å². The Morgan fingerprint density at radius 3 is 2.72 bits per heavy atom. The fourth-order valence-corrected chi connectivity index (χ4v) is 3.02. The summed E-state index contributed by atoms with van der Waals surface area (Å²) in [4.78, 5) is 32.2. The molecule has 0 saturated carbocycles. The molecule has 3 amide bonds. The second-order valence-corrected chi connectivity index (χ2v) is 6.50. The molecule has 1 aromatic heterocycles. The van der Waals surface area contributed by atoms with Crippen LogP contribution in [0.2, 0.25) is 0 Å². The number of hydrogen-bond acceptors (Lipinski definition) is 7. The van der Waals surface area contributed by atoms with Crippen LogP contribution < -0.4 is 21.0 Å². The number of carbonyl (C=O) groups excluding carboxylic acids is 2. The Bertz CT molecular complexity index is 686. The molecular formula is C15H19N7O2S. The second kappa shape index (κ2) is 7.88. The Morgan fingerprint density at radius 2 is 2.08 bits per heavy atom. The van der Waals surface area contributed by atoms with Gasteiger partial charge in [-0.15, -0.1) is 5.10 Å². The number of nitrogens with one attached hydrogen (secondary N) is 3. The van der Waals surface area contributed by atoms with Gasteiger partial charge in [-0.1, -0.05) is 12.6 Å². The number of hydrogen-bond donors (Lipinski definition) is 3. The number of anilines is 1. The van der Waals surface area contributed by atoms with Crippen molar-refractivity contribution in [2.24, 2.45) is 5.10 Å². The molecular weight excluding hydrogens is 342 g/mol. The fraction of sp³-hybridized carbons (Fsp3) is 0.333. The minimum atomic E-state index is -0.469. The summed E-state index contributed by atoms with van der Waals surface area (Å²) in [7, 11) is 0. The summed E-state index contributed by atoms with van der Waals surface area (Å²) in [5, 5.41) is 9.99. The van der Waals surface area contributed by atoms with Gasteiger partial charge in [0.05, 0.1) is 11.6 Å². The van der Waals surface area contributed by atoms with Crippen molar-refractivity contribution < 1.29 is 9.59 Å². The van der Waals surface area contributed by atoms with E-state index >= 15 is 0 Å². The van der Waals surface area contributed by atoms with Crippen molar-refractivity contribution in [2.75, 3.05) is 37.6 Å². The highest BCUT2D eigenvalue weighted by molar-refractivity contribution is 8.17. The van der Waals surface area contributed by atoms with E-state index in [0.717, 1.165) is 18.9 Å². The summed E-state index contributed by atoms with van der Waals surface area (Å²) in [6.45, 7) is 6.26. The first-order valence-corrected chi connectivity index (χ1v) is 8.62. The topological polar surface area (TPSA) is 102 Å². The molecule has 25 heavy (non-hydrogen) atoms. The van der Waals surface area contributed by atoms with Crippen LogP contribution in [-0.4, -0.2) is 59.7 Å². The average molecular weight is 361 g/mol. The van der Waals surface area contributed by atoms with Crippen molar-refractivity contribution in [1.82, 2.24) is 25.9 Å². The van der Waals surface area contributed by atoms with Gasteiger partial charge in [0.2, 0.25) is 5.91 Å². The van der Waals surface area contributed by atoms with Crippen molar-refractivity contribution in [1.29, 1.82) is 0 Å². The highest BCUT2D eigenvalue weighted by Gasteiger charge is 2.22. The molecule has 3 heterocycles. The predicted molar refractivity (Wildman–Crippen MR) is 96.9 cm³/mol. The average Bonchev–Trinajstić information content (AvgIpc) is 3.05. The molecule has 1 saturated heterocycles. The summed E-state index contributed by atoms with van der Waals surface area (Å²) >= 11 is 1.22. The van der Waals surface area contributed by atoms with Crippen LogP contribution in [0.5, 0.6) is 0 Å². The van der Waals surface area contributed by atoms with Gasteiger partial charge in [-0.25, -0.2) is 9.78 Å². The van der Waals surface area contributed by atoms with Gasteiger partial charge in [0.1, 0.15) is 5.82 Å². The normalized spacial score (nSPS) is 17.0. The van der Waals surface area contributed by atoms with Gasteiger partial charge in [-0.3, -0.25) is 15.5 Å². The van der Waals surface area contributed by atoms with Gasteiger partial charge in [0.25, 0.3) is 0 Å². The maximum atomic E-state index is 12.2. The monoisotopic (exact) mass is 361 g/mol. The molecule has 3 N–H and O–H groups in total. The van der Waals surface area contributed by atoms with Crippen LogP contribution in [-0.2, 0) is 4.79 Å². The summed E-state index contributed by atoms with van der Waals surface area (Å²) in [5.74, 6) is 0.802. The van der Waals surface area contributed by atoms with Crippen molar-refractivity contribution in [3.05, 3.63) is 36.0 Å². The van der Waals surface area contributed by atoms with E-state index in [1.807, 2.05) is 18.2 Å². The number of piperazine rings is 1. The molecule has 0 bridgehead atoms. The maximum absolute atomic E-state index is 12.2. The van der Waals surface area contributed by atoms with Crippen LogP contribution in [0.4, 0.5) is 10.6 Å². The maximum Gasteiger partial charge on any atom is 0.321 e. The number of nitrogens with zero attached hydrogens (tertiary/aromatic N) is 4. The zero-order valence-corrected chi connectivity index (χ0v) is 14.4. The van der Waals surface area contributed by atoms with E-state index in [4.69, 9.17) is 0 Å². The zero-order valence-electron chi connectivity index (χ0n) is 13.6. The first-order valence-electron chi connectivity index (χ1n) is 7.81. The smallest absolute Gasteiger partial charge is 0.321 e. The molecule has 0 atom stereocenters. The standard InChI is InChI=1S/C15H19N7O2S/c1-11-19-20-15(25-11)18-14(24)17-10-13(23)22-8-6-21(7-9-22)12-4-2-3-5-16-12/h2-5,19H,1,6-10H2,(H2,17,18,20,24). The number of rotatable bonds is 3. The van der Waals surface area contributed by atoms with Crippen LogP contribution in [0.15, 0.2) is 41.1 Å². The molecule has 0 aliphatic carbocycles. The van der Waals surface area contributed by atoms with Crippen LogP contribution in [0, 0.1) is 0 Å². The fourth-order valence-electron chi connectivity index (χ4n) is 2.46. The van der Waals surface area contributed by atoms with E-state index in [2.05, 4.69) is 37.6 Å². The third-order valence-electron chi connectivity index (χ3n) is 3.73. The molecule has 3 rings (SSSR count). The van der Waals surface area contributed by atoms with Crippen LogP contribution in [0.3, 0.4) is 0 Å². The zero-order chi connectivity index (χ0) is 17.6. The van der Waals surface area contributed by atoms with Gasteiger partial charge in [-0.2, -0.15) is 0 Å². The lowest BCUT2D eigenvalue weighted by molar-refractivity contribution is -0.130. The summed E-state index contributed by atoms with van der Waals surface area (Å²) in [5.41, 5.74) is 2.64. The Labute approximate surface area is 149 Å². The molecule has 10 heteroatoms. The number of thioether (sulfide) groups is 1. The summed E-state index contributed by atoms with van der Waals surface area (Å²) < 4.78 is 0. The third kappa shape index (κ3) is 4.63. The number of aromatic nitrogens is 1. The molecule has 132 valence electrons. The van der Waals surface area contributed by atoms with Gasteiger partial charge < -0.3 is 15.1 Å². The quantitative estimate of drug-likeness (QED) is 0.706. The third-order valence-corrected chi connectivity index (χ3v) is 4.45. The van der Waals surface area contributed by atoms with E-state index in [1.165, 1.54) is 11.8 Å². The number of carbonyl (C=O) groups is 2. The van der Waals surface area contributed by atoms with Crippen LogP contribution >= 0.6 is 11.8 Å². The largest absolute Gasteiger partial charge is 0.353 e. The summed E-state index contributed by atoms with van der Waals surface area (Å²) in [6.07, 6.45) is 1.76. The lowest BCUT2D eigenvalue weighted by atomic mass is 10.3. The van der Waals surface area contributed by atoms with Gasteiger partial charge in [0, 0.05) is 32.4 Å². The minimum Gasteiger partial charge on any atom is -0.353 e. The molecule has 0 spiro atoms. The Kier molecular flexibility index (Phi) is 5.39. The lowest BCUT2D eigenvalue weighted by Crippen LogP contribution is -2.52. The van der Waals surface area contributed by atoms with Crippen molar-refractivity contribution in [3.8, 4) is 0 Å². The Balaban J connectivity index is 1.39. The van der Waals surface area contributed by atoms with Crippen molar-refractivity contribution in [3.63, 3.8) is 0 Å². The summed E-state index contributed by atoms with van der Waals surface area (Å²) in [6, 6.07) is 5.31. The van der Waals surface area contributed by atoms with Gasteiger partial charge in [0.15, 0.2) is 5.17 Å². The van der Waals surface area contributed by atoms with Crippen LogP contribution in [0.1, 0.15) is 0 Å². The predicted octanol–water partition coefficient (Wildman–Crippen LogP) is 0.108. The SMILES string of the molecule is C=C1NN=C(NC(=O)NCC(=O)N2CCN(c3ccccn3)CC2)S1. The molecule has 2 aliphatic heterocycles. The number of amidine groups is 1. The lowest BCUT2D eigenvalue weighted by Gasteiger charge is -2.35. The number of pyridine rings is 1. The molecule has 2 aliphatic rings. The van der Waals surface area contributed by atoms with E-state index in [1.54, 1.807) is 11.1 Å². The molecule has 1 aromatic rings. The number of amides is 3. The van der Waals surface area contributed by atoms with E-state index < -0.39 is 6.03 Å². The molecule has 0 aromatic carbocycles. The first-order chi connectivity index (χ1) is 12.1. The highest BCUT2D eigenvalue weighted by atomic mass is 32.2. The minimum absolute atomic E-state index is 0.0538. The van der Waals surface area contributed by atoms with Crippen LogP contribution in [0.25, 0.3) is 0 Å². The number of hydrazone groups is 1. The molecule has 0 radical (unpaired) electrons. The van der Waals surface area contributed by atoms with Gasteiger partial charge >= 0.3 is 6.03 Å². The molecule has 1 fully saturated rings. The molecule has 9 nitrogen and oxygen atoms in total. The van der Waals surface area contributed by atoms with Crippen molar-refractivity contribution in [2.45, 2.75) is 0 Å².